The lowest BCUT2D eigenvalue weighted by Crippen LogP contribution is -2.18. The molecule has 0 nitrogen and oxygen atoms in total. The van der Waals surface area contributed by atoms with Gasteiger partial charge in [0.15, 0.2) is 0 Å². The zero-order valence-electron chi connectivity index (χ0n) is 31.0. The average molecular weight is 832 g/mol. The van der Waals surface area contributed by atoms with Crippen molar-refractivity contribution in [1.82, 2.24) is 0 Å². The Morgan fingerprint density at radius 2 is 0.500 bits per heavy atom. The fraction of sp³-hybridized carbons (Fsp3) is 0.467. The zero-order valence-corrected chi connectivity index (χ0v) is 35.7. The second-order valence-electron chi connectivity index (χ2n) is 19.3. The molecule has 0 N–H and O–H groups in total. The van der Waals surface area contributed by atoms with Gasteiger partial charge in [-0.05, 0) is 173 Å². The summed E-state index contributed by atoms with van der Waals surface area (Å²) in [5, 5.41) is 0. The molecular weight excluding hydrogens is 780 g/mol. The lowest BCUT2D eigenvalue weighted by molar-refractivity contribution is 0.402. The van der Waals surface area contributed by atoms with Crippen molar-refractivity contribution in [3.05, 3.63) is 101 Å². The maximum atomic E-state index is 4.08. The maximum absolute atomic E-state index is 4.08. The Morgan fingerprint density at radius 1 is 0.312 bits per heavy atom. The molecule has 0 saturated carbocycles. The molecule has 0 atom stereocenters. The van der Waals surface area contributed by atoms with Crippen LogP contribution in [0.4, 0.5) is 0 Å². The molecule has 0 amide bonds. The van der Waals surface area contributed by atoms with Gasteiger partial charge in [0.25, 0.3) is 0 Å². The fourth-order valence-electron chi connectivity index (χ4n) is 10.7. The van der Waals surface area contributed by atoms with E-state index in [2.05, 4.69) is 185 Å². The minimum atomic E-state index is 0.123. The van der Waals surface area contributed by atoms with Crippen LogP contribution in [0.3, 0.4) is 0 Å². The highest BCUT2D eigenvalue weighted by molar-refractivity contribution is 9.11. The van der Waals surface area contributed by atoms with Gasteiger partial charge in [0, 0.05) is 13.4 Å². The van der Waals surface area contributed by atoms with Crippen molar-refractivity contribution in [2.24, 2.45) is 0 Å². The Hall–Kier alpha value is -1.68. The Kier molecular flexibility index (Phi) is 7.73. The first-order valence-corrected chi connectivity index (χ1v) is 20.0. The molecule has 4 aromatic rings. The van der Waals surface area contributed by atoms with Crippen molar-refractivity contribution in [3.63, 3.8) is 0 Å². The molecule has 0 heterocycles. The van der Waals surface area contributed by atoms with Gasteiger partial charge in [0.05, 0.1) is 0 Å². The normalized spacial score (nSPS) is 21.6. The Labute approximate surface area is 315 Å². The monoisotopic (exact) mass is 828 g/mol. The van der Waals surface area contributed by atoms with E-state index in [9.17, 15) is 0 Å². The number of fused-ring (bicyclic) bond motifs is 3. The van der Waals surface area contributed by atoms with Crippen LogP contribution in [0.2, 0.25) is 0 Å². The zero-order chi connectivity index (χ0) is 35.1. The highest BCUT2D eigenvalue weighted by Gasteiger charge is 2.45. The summed E-state index contributed by atoms with van der Waals surface area (Å²) in [6.45, 7) is 28.9. The van der Waals surface area contributed by atoms with E-state index in [0.29, 0.717) is 0 Å². The van der Waals surface area contributed by atoms with Crippen LogP contribution in [0.25, 0.3) is 33.4 Å². The van der Waals surface area contributed by atoms with Crippen LogP contribution in [-0.2, 0) is 32.5 Å². The smallest absolute Gasteiger partial charge is 0.0256 e. The highest BCUT2D eigenvalue weighted by atomic mass is 79.9. The van der Waals surface area contributed by atoms with Crippen molar-refractivity contribution >= 4 is 47.8 Å². The van der Waals surface area contributed by atoms with E-state index in [1.54, 1.807) is 0 Å². The Bertz CT molecular complexity index is 1790. The molecule has 252 valence electrons. The van der Waals surface area contributed by atoms with E-state index >= 15 is 0 Å². The largest absolute Gasteiger partial charge is 0.0558 e. The second-order valence-corrected chi connectivity index (χ2v) is 21.8. The summed E-state index contributed by atoms with van der Waals surface area (Å²) in [5.41, 5.74) is 17.2. The van der Waals surface area contributed by atoms with Crippen molar-refractivity contribution in [3.8, 4) is 33.4 Å². The first-order chi connectivity index (χ1) is 21.9. The standard InChI is InChI=1S/C45H51Br3/c1-40(2)22-43(7,8)34-19-37(46)28(16-31(34)40)25-13-26(29-17-32-35(20-38(29)47)44(9,10)23-41(32,3)4)15-27(14-25)30-18-33-36(21-39(30)48)45(11,12)24-42(33,5)6/h13-21H,22-24H2,1-12H3. The van der Waals surface area contributed by atoms with Crippen molar-refractivity contribution in [2.75, 3.05) is 0 Å². The van der Waals surface area contributed by atoms with Crippen LogP contribution in [0.1, 0.15) is 136 Å². The van der Waals surface area contributed by atoms with Crippen LogP contribution in [0.15, 0.2) is 68.0 Å². The van der Waals surface area contributed by atoms with Crippen LogP contribution in [-0.4, -0.2) is 0 Å². The fourth-order valence-corrected chi connectivity index (χ4v) is 12.4. The molecule has 0 unspecified atom stereocenters. The van der Waals surface area contributed by atoms with E-state index in [-0.39, 0.29) is 32.5 Å². The van der Waals surface area contributed by atoms with E-state index in [1.807, 2.05) is 0 Å². The molecule has 3 aliphatic carbocycles. The first kappa shape index (κ1) is 34.8. The summed E-state index contributed by atoms with van der Waals surface area (Å²) >= 11 is 12.3. The van der Waals surface area contributed by atoms with Gasteiger partial charge in [0.2, 0.25) is 0 Å². The van der Waals surface area contributed by atoms with Gasteiger partial charge < -0.3 is 0 Å². The molecule has 4 aromatic carbocycles. The summed E-state index contributed by atoms with van der Waals surface area (Å²) < 4.78 is 3.51. The van der Waals surface area contributed by atoms with Gasteiger partial charge >= 0.3 is 0 Å². The topological polar surface area (TPSA) is 0 Å². The number of halogens is 3. The van der Waals surface area contributed by atoms with Crippen LogP contribution in [0.5, 0.6) is 0 Å². The average Bonchev–Trinajstić information content (AvgIpc) is 3.33. The van der Waals surface area contributed by atoms with Gasteiger partial charge in [-0.2, -0.15) is 0 Å². The van der Waals surface area contributed by atoms with Crippen molar-refractivity contribution in [1.29, 1.82) is 0 Å². The predicted octanol–water partition coefficient (Wildman–Crippen LogP) is 14.9. The predicted molar refractivity (Wildman–Crippen MR) is 218 cm³/mol. The molecular formula is C45H51Br3. The molecule has 0 aliphatic heterocycles. The molecule has 0 aromatic heterocycles. The summed E-state index contributed by atoms with van der Waals surface area (Å²) in [5.74, 6) is 0. The maximum Gasteiger partial charge on any atom is 0.0256 e. The Morgan fingerprint density at radius 3 is 0.708 bits per heavy atom. The van der Waals surface area contributed by atoms with E-state index in [4.69, 9.17) is 0 Å². The van der Waals surface area contributed by atoms with E-state index < -0.39 is 0 Å². The summed E-state index contributed by atoms with van der Waals surface area (Å²) in [6.07, 6.45) is 3.46. The third-order valence-electron chi connectivity index (χ3n) is 12.2. The summed E-state index contributed by atoms with van der Waals surface area (Å²) in [6, 6.07) is 22.0. The Balaban J connectivity index is 1.50. The van der Waals surface area contributed by atoms with Gasteiger partial charge in [-0.15, -0.1) is 0 Å². The lowest BCUT2D eigenvalue weighted by Gasteiger charge is -2.23. The van der Waals surface area contributed by atoms with Gasteiger partial charge in [-0.1, -0.05) is 131 Å². The number of benzene rings is 4. The number of hydrogen-bond acceptors (Lipinski definition) is 0. The molecule has 0 spiro atoms. The van der Waals surface area contributed by atoms with Crippen LogP contribution < -0.4 is 0 Å². The molecule has 3 aliphatic rings. The van der Waals surface area contributed by atoms with Gasteiger partial charge in [-0.25, -0.2) is 0 Å². The quantitative estimate of drug-likeness (QED) is 0.193. The second kappa shape index (κ2) is 10.7. The van der Waals surface area contributed by atoms with Crippen molar-refractivity contribution in [2.45, 2.75) is 135 Å². The van der Waals surface area contributed by atoms with Crippen molar-refractivity contribution < 1.29 is 0 Å². The van der Waals surface area contributed by atoms with Gasteiger partial charge in [-0.3, -0.25) is 0 Å². The minimum absolute atomic E-state index is 0.123. The third-order valence-corrected chi connectivity index (χ3v) is 14.2. The molecule has 0 saturated heterocycles. The van der Waals surface area contributed by atoms with E-state index in [0.717, 1.165) is 19.3 Å². The van der Waals surface area contributed by atoms with Crippen LogP contribution >= 0.6 is 47.8 Å². The molecule has 7 rings (SSSR count). The molecule has 3 heteroatoms. The van der Waals surface area contributed by atoms with Gasteiger partial charge in [0.1, 0.15) is 0 Å². The third kappa shape index (κ3) is 5.38. The van der Waals surface area contributed by atoms with Crippen LogP contribution in [0, 0.1) is 0 Å². The number of hydrogen-bond donors (Lipinski definition) is 0. The number of rotatable bonds is 3. The summed E-state index contributed by atoms with van der Waals surface area (Å²) in [7, 11) is 0. The first-order valence-electron chi connectivity index (χ1n) is 17.6. The SMILES string of the molecule is CC1(C)CC(C)(C)c2cc(-c3cc(-c4cc5c(cc4Br)C(C)(C)CC5(C)C)cc(-c4cc5c(cc4Br)C(C)(C)CC5(C)C)c3)c(Br)cc21. The molecule has 0 fully saturated rings. The van der Waals surface area contributed by atoms with E-state index in [1.165, 1.54) is 80.2 Å². The molecule has 48 heavy (non-hydrogen) atoms. The lowest BCUT2D eigenvalue weighted by atomic mass is 9.81. The summed E-state index contributed by atoms with van der Waals surface area (Å²) in [4.78, 5) is 0. The minimum Gasteiger partial charge on any atom is -0.0558 e. The molecule has 0 bridgehead atoms. The highest BCUT2D eigenvalue weighted by Crippen LogP contribution is 2.55. The molecule has 0 radical (unpaired) electrons.